The fourth-order valence-electron chi connectivity index (χ4n) is 1.76. The van der Waals surface area contributed by atoms with E-state index in [2.05, 4.69) is 5.32 Å². The van der Waals surface area contributed by atoms with Gasteiger partial charge < -0.3 is 15.3 Å². The van der Waals surface area contributed by atoms with Gasteiger partial charge in [0.15, 0.2) is 0 Å². The number of carboxylic acid groups (broad SMARTS) is 1. The number of aliphatic carboxylic acids is 1. The Morgan fingerprint density at radius 1 is 1.24 bits per heavy atom. The van der Waals surface area contributed by atoms with Crippen molar-refractivity contribution in [2.45, 2.75) is 19.4 Å². The standard InChI is InChI=1S/C14H17ClN2O4/c1-14(2,13(21)17(3)8-11(18)19)16-12(20)9-4-6-10(15)7-5-9/h4-7H,8H2,1-3H3,(H,16,20)(H,18,19). The lowest BCUT2D eigenvalue weighted by atomic mass is 10.0. The average molecular weight is 313 g/mol. The maximum absolute atomic E-state index is 12.1. The summed E-state index contributed by atoms with van der Waals surface area (Å²) in [6.45, 7) is 2.60. The summed E-state index contributed by atoms with van der Waals surface area (Å²) < 4.78 is 0. The summed E-state index contributed by atoms with van der Waals surface area (Å²) in [5.74, 6) is -2.05. The van der Waals surface area contributed by atoms with E-state index in [4.69, 9.17) is 16.7 Å². The second kappa shape index (κ2) is 6.58. The number of hydrogen-bond acceptors (Lipinski definition) is 3. The zero-order chi connectivity index (χ0) is 16.2. The highest BCUT2D eigenvalue weighted by atomic mass is 35.5. The third-order valence-electron chi connectivity index (χ3n) is 2.79. The van der Waals surface area contributed by atoms with Crippen molar-refractivity contribution in [1.29, 1.82) is 0 Å². The molecule has 0 saturated heterocycles. The van der Waals surface area contributed by atoms with Crippen LogP contribution in [-0.4, -0.2) is 46.9 Å². The number of carbonyl (C=O) groups excluding carboxylic acids is 2. The quantitative estimate of drug-likeness (QED) is 0.860. The first-order valence-corrected chi connectivity index (χ1v) is 6.56. The van der Waals surface area contributed by atoms with E-state index in [1.54, 1.807) is 24.3 Å². The molecule has 1 rings (SSSR count). The van der Waals surface area contributed by atoms with Crippen LogP contribution in [0.2, 0.25) is 5.02 Å². The molecular weight excluding hydrogens is 296 g/mol. The van der Waals surface area contributed by atoms with Crippen LogP contribution in [0.3, 0.4) is 0 Å². The monoisotopic (exact) mass is 312 g/mol. The van der Waals surface area contributed by atoms with E-state index in [1.165, 1.54) is 20.9 Å². The van der Waals surface area contributed by atoms with Crippen LogP contribution in [0, 0.1) is 0 Å². The van der Waals surface area contributed by atoms with E-state index in [1.807, 2.05) is 0 Å². The largest absolute Gasteiger partial charge is 0.480 e. The molecule has 7 heteroatoms. The smallest absolute Gasteiger partial charge is 0.323 e. The maximum atomic E-state index is 12.1. The first kappa shape index (κ1) is 17.0. The lowest BCUT2D eigenvalue weighted by Crippen LogP contribution is -2.55. The molecule has 6 nitrogen and oxygen atoms in total. The molecule has 0 fully saturated rings. The SMILES string of the molecule is CN(CC(=O)O)C(=O)C(C)(C)NC(=O)c1ccc(Cl)cc1. The Labute approximate surface area is 127 Å². The van der Waals surface area contributed by atoms with Crippen LogP contribution < -0.4 is 5.32 Å². The van der Waals surface area contributed by atoms with Gasteiger partial charge in [-0.2, -0.15) is 0 Å². The Bertz CT molecular complexity index is 555. The van der Waals surface area contributed by atoms with Crippen LogP contribution in [0.25, 0.3) is 0 Å². The van der Waals surface area contributed by atoms with Gasteiger partial charge in [0.25, 0.3) is 5.91 Å². The first-order chi connectivity index (χ1) is 9.63. The molecule has 0 aromatic heterocycles. The van der Waals surface area contributed by atoms with Crippen LogP contribution in [0.5, 0.6) is 0 Å². The van der Waals surface area contributed by atoms with Gasteiger partial charge in [-0.05, 0) is 38.1 Å². The zero-order valence-corrected chi connectivity index (χ0v) is 12.8. The van der Waals surface area contributed by atoms with Gasteiger partial charge in [0.1, 0.15) is 12.1 Å². The minimum Gasteiger partial charge on any atom is -0.480 e. The Kier molecular flexibility index (Phi) is 5.32. The van der Waals surface area contributed by atoms with E-state index in [0.29, 0.717) is 10.6 Å². The number of carbonyl (C=O) groups is 3. The zero-order valence-electron chi connectivity index (χ0n) is 12.0. The molecule has 2 amide bonds. The van der Waals surface area contributed by atoms with Crippen molar-refractivity contribution >= 4 is 29.4 Å². The minimum absolute atomic E-state index is 0.362. The van der Waals surface area contributed by atoms with Gasteiger partial charge >= 0.3 is 5.97 Å². The molecule has 2 N–H and O–H groups in total. The van der Waals surface area contributed by atoms with E-state index in [9.17, 15) is 14.4 Å². The van der Waals surface area contributed by atoms with E-state index < -0.39 is 29.9 Å². The molecule has 114 valence electrons. The second-order valence-corrected chi connectivity index (χ2v) is 5.58. The number of likely N-dealkylation sites (N-methyl/N-ethyl adjacent to an activating group) is 1. The van der Waals surface area contributed by atoms with Crippen molar-refractivity contribution in [1.82, 2.24) is 10.2 Å². The number of rotatable bonds is 5. The van der Waals surface area contributed by atoms with Crippen LogP contribution in [0.1, 0.15) is 24.2 Å². The lowest BCUT2D eigenvalue weighted by Gasteiger charge is -2.29. The van der Waals surface area contributed by atoms with Gasteiger partial charge in [0.2, 0.25) is 5.91 Å². The number of nitrogens with zero attached hydrogens (tertiary/aromatic N) is 1. The van der Waals surface area contributed by atoms with Crippen LogP contribution in [0.15, 0.2) is 24.3 Å². The van der Waals surface area contributed by atoms with Crippen LogP contribution in [-0.2, 0) is 9.59 Å². The van der Waals surface area contributed by atoms with Crippen molar-refractivity contribution in [3.05, 3.63) is 34.9 Å². The highest BCUT2D eigenvalue weighted by molar-refractivity contribution is 6.30. The van der Waals surface area contributed by atoms with Crippen molar-refractivity contribution < 1.29 is 19.5 Å². The van der Waals surface area contributed by atoms with Gasteiger partial charge in [0.05, 0.1) is 0 Å². The summed E-state index contributed by atoms with van der Waals surface area (Å²) >= 11 is 5.74. The molecule has 0 atom stereocenters. The number of benzene rings is 1. The summed E-state index contributed by atoms with van der Waals surface area (Å²) in [6.07, 6.45) is 0. The van der Waals surface area contributed by atoms with E-state index in [-0.39, 0.29) is 0 Å². The van der Waals surface area contributed by atoms with Crippen molar-refractivity contribution in [2.24, 2.45) is 0 Å². The molecule has 0 radical (unpaired) electrons. The van der Waals surface area contributed by atoms with Crippen molar-refractivity contribution in [3.63, 3.8) is 0 Å². The van der Waals surface area contributed by atoms with E-state index in [0.717, 1.165) is 4.90 Å². The molecule has 21 heavy (non-hydrogen) atoms. The number of carboxylic acids is 1. The Hall–Kier alpha value is -2.08. The summed E-state index contributed by atoms with van der Waals surface area (Å²) in [4.78, 5) is 35.9. The first-order valence-electron chi connectivity index (χ1n) is 6.19. The van der Waals surface area contributed by atoms with Gasteiger partial charge in [0, 0.05) is 17.6 Å². The highest BCUT2D eigenvalue weighted by Gasteiger charge is 2.33. The molecule has 0 heterocycles. The number of nitrogens with one attached hydrogen (secondary N) is 1. The normalized spacial score (nSPS) is 10.9. The number of hydrogen-bond donors (Lipinski definition) is 2. The molecule has 0 unspecified atom stereocenters. The molecule has 0 spiro atoms. The molecule has 0 saturated carbocycles. The third kappa shape index (κ3) is 4.75. The van der Waals surface area contributed by atoms with Gasteiger partial charge in [-0.1, -0.05) is 11.6 Å². The van der Waals surface area contributed by atoms with Gasteiger partial charge in [-0.3, -0.25) is 14.4 Å². The van der Waals surface area contributed by atoms with Crippen LogP contribution >= 0.6 is 11.6 Å². The molecule has 0 aliphatic rings. The van der Waals surface area contributed by atoms with Crippen molar-refractivity contribution in [2.75, 3.05) is 13.6 Å². The second-order valence-electron chi connectivity index (χ2n) is 5.14. The molecule has 1 aromatic rings. The Balaban J connectivity index is 2.79. The Morgan fingerprint density at radius 2 is 1.76 bits per heavy atom. The number of amides is 2. The summed E-state index contributed by atoms with van der Waals surface area (Å²) in [5, 5.41) is 11.8. The maximum Gasteiger partial charge on any atom is 0.323 e. The molecule has 0 aliphatic heterocycles. The third-order valence-corrected chi connectivity index (χ3v) is 3.04. The predicted molar refractivity (Wildman–Crippen MR) is 78.3 cm³/mol. The lowest BCUT2D eigenvalue weighted by molar-refractivity contribution is -0.145. The topological polar surface area (TPSA) is 86.7 Å². The minimum atomic E-state index is -1.22. The molecule has 0 aliphatic carbocycles. The summed E-state index contributed by atoms with van der Waals surface area (Å²) in [6, 6.07) is 6.22. The number of halogens is 1. The molecule has 0 bridgehead atoms. The summed E-state index contributed by atoms with van der Waals surface area (Å²) in [7, 11) is 1.37. The van der Waals surface area contributed by atoms with Crippen molar-refractivity contribution in [3.8, 4) is 0 Å². The van der Waals surface area contributed by atoms with Gasteiger partial charge in [-0.25, -0.2) is 0 Å². The highest BCUT2D eigenvalue weighted by Crippen LogP contribution is 2.12. The molecule has 1 aromatic carbocycles. The predicted octanol–water partition coefficient (Wildman–Crippen LogP) is 1.39. The van der Waals surface area contributed by atoms with Crippen LogP contribution in [0.4, 0.5) is 0 Å². The van der Waals surface area contributed by atoms with Gasteiger partial charge in [-0.15, -0.1) is 0 Å². The summed E-state index contributed by atoms with van der Waals surface area (Å²) in [5.41, 5.74) is -0.859. The Morgan fingerprint density at radius 3 is 2.24 bits per heavy atom. The average Bonchev–Trinajstić information content (AvgIpc) is 2.37. The fraction of sp³-hybridized carbons (Fsp3) is 0.357. The fourth-order valence-corrected chi connectivity index (χ4v) is 1.89. The molecular formula is C14H17ClN2O4. The van der Waals surface area contributed by atoms with E-state index >= 15 is 0 Å².